The number of carbonyl (C=O) groups is 1. The third kappa shape index (κ3) is 3.50. The van der Waals surface area contributed by atoms with Gasteiger partial charge in [0.2, 0.25) is 0 Å². The van der Waals surface area contributed by atoms with Gasteiger partial charge >= 0.3 is 5.97 Å². The molecule has 0 aromatic rings. The minimum Gasteiger partial charge on any atom is -0.465 e. The van der Waals surface area contributed by atoms with E-state index in [1.54, 1.807) is 11.8 Å². The number of hydrogen-bond donors (Lipinski definition) is 0. The topological polar surface area (TPSA) is 35.5 Å². The largest absolute Gasteiger partial charge is 0.465 e. The van der Waals surface area contributed by atoms with Crippen LogP contribution in [-0.2, 0) is 14.3 Å². The molecule has 3 nitrogen and oxygen atoms in total. The average molecular weight is 218 g/mol. The van der Waals surface area contributed by atoms with E-state index in [2.05, 4.69) is 6.92 Å². The molecule has 4 heteroatoms. The Bertz CT molecular complexity index is 180. The Morgan fingerprint density at radius 2 is 2.29 bits per heavy atom. The van der Waals surface area contributed by atoms with E-state index < -0.39 is 0 Å². The monoisotopic (exact) mass is 218 g/mol. The van der Waals surface area contributed by atoms with Crippen LogP contribution in [0.25, 0.3) is 0 Å². The molecule has 0 N–H and O–H groups in total. The first kappa shape index (κ1) is 11.9. The SMILES string of the molecule is CCCC(SC1COC1)C(=O)OCC. The van der Waals surface area contributed by atoms with Gasteiger partial charge in [0, 0.05) is 0 Å². The van der Waals surface area contributed by atoms with Gasteiger partial charge in [-0.3, -0.25) is 4.79 Å². The van der Waals surface area contributed by atoms with Gasteiger partial charge in [0.15, 0.2) is 0 Å². The molecule has 0 aromatic heterocycles. The van der Waals surface area contributed by atoms with Crippen molar-refractivity contribution >= 4 is 17.7 Å². The van der Waals surface area contributed by atoms with Crippen LogP contribution in [0.1, 0.15) is 26.7 Å². The number of ether oxygens (including phenoxy) is 2. The fourth-order valence-corrected chi connectivity index (χ4v) is 2.63. The average Bonchev–Trinajstić information content (AvgIpc) is 2.09. The molecule has 1 aliphatic heterocycles. The molecule has 1 unspecified atom stereocenters. The second kappa shape index (κ2) is 6.30. The molecule has 0 aliphatic carbocycles. The maximum atomic E-state index is 11.5. The Balaban J connectivity index is 2.32. The van der Waals surface area contributed by atoms with Crippen LogP contribution in [0.5, 0.6) is 0 Å². The zero-order chi connectivity index (χ0) is 10.4. The second-order valence-electron chi connectivity index (χ2n) is 3.32. The van der Waals surface area contributed by atoms with Crippen molar-refractivity contribution in [1.29, 1.82) is 0 Å². The standard InChI is InChI=1S/C10H18O3S/c1-3-5-9(10(11)13-4-2)14-8-6-12-7-8/h8-9H,3-7H2,1-2H3. The summed E-state index contributed by atoms with van der Waals surface area (Å²) >= 11 is 1.70. The Morgan fingerprint density at radius 1 is 1.57 bits per heavy atom. The van der Waals surface area contributed by atoms with Crippen molar-refractivity contribution in [3.8, 4) is 0 Å². The van der Waals surface area contributed by atoms with Crippen molar-refractivity contribution < 1.29 is 14.3 Å². The van der Waals surface area contributed by atoms with Crippen LogP contribution in [0.3, 0.4) is 0 Å². The van der Waals surface area contributed by atoms with Gasteiger partial charge in [0.1, 0.15) is 5.25 Å². The molecule has 1 aliphatic rings. The smallest absolute Gasteiger partial charge is 0.319 e. The van der Waals surface area contributed by atoms with Crippen LogP contribution in [-0.4, -0.2) is 36.3 Å². The summed E-state index contributed by atoms with van der Waals surface area (Å²) in [6.45, 7) is 5.97. The van der Waals surface area contributed by atoms with Gasteiger partial charge in [-0.25, -0.2) is 0 Å². The molecule has 82 valence electrons. The van der Waals surface area contributed by atoms with E-state index in [0.29, 0.717) is 11.9 Å². The predicted molar refractivity (Wildman–Crippen MR) is 57.5 cm³/mol. The molecule has 1 rings (SSSR count). The van der Waals surface area contributed by atoms with Crippen LogP contribution >= 0.6 is 11.8 Å². The maximum Gasteiger partial charge on any atom is 0.319 e. The Morgan fingerprint density at radius 3 is 2.71 bits per heavy atom. The number of carbonyl (C=O) groups excluding carboxylic acids is 1. The zero-order valence-corrected chi connectivity index (χ0v) is 9.64. The van der Waals surface area contributed by atoms with E-state index in [1.807, 2.05) is 6.92 Å². The van der Waals surface area contributed by atoms with Crippen molar-refractivity contribution in [2.75, 3.05) is 19.8 Å². The van der Waals surface area contributed by atoms with Crippen LogP contribution in [0.4, 0.5) is 0 Å². The number of thioether (sulfide) groups is 1. The first-order chi connectivity index (χ1) is 6.77. The molecule has 14 heavy (non-hydrogen) atoms. The van der Waals surface area contributed by atoms with Gasteiger partial charge in [-0.05, 0) is 13.3 Å². The minimum atomic E-state index is -0.0637. The van der Waals surface area contributed by atoms with Crippen molar-refractivity contribution in [3.63, 3.8) is 0 Å². The lowest BCUT2D eigenvalue weighted by Crippen LogP contribution is -2.34. The van der Waals surface area contributed by atoms with Crippen molar-refractivity contribution in [1.82, 2.24) is 0 Å². The highest BCUT2D eigenvalue weighted by molar-refractivity contribution is 8.01. The summed E-state index contributed by atoms with van der Waals surface area (Å²) < 4.78 is 10.1. The Hall–Kier alpha value is -0.220. The van der Waals surface area contributed by atoms with Crippen LogP contribution in [0.2, 0.25) is 0 Å². The molecule has 1 atom stereocenters. The van der Waals surface area contributed by atoms with Gasteiger partial charge < -0.3 is 9.47 Å². The van der Waals surface area contributed by atoms with Crippen LogP contribution < -0.4 is 0 Å². The second-order valence-corrected chi connectivity index (χ2v) is 4.83. The predicted octanol–water partition coefficient (Wildman–Crippen LogP) is 1.85. The molecule has 0 bridgehead atoms. The van der Waals surface area contributed by atoms with Gasteiger partial charge in [-0.1, -0.05) is 13.3 Å². The van der Waals surface area contributed by atoms with E-state index in [4.69, 9.17) is 9.47 Å². The summed E-state index contributed by atoms with van der Waals surface area (Å²) in [5, 5.41) is 0.504. The number of esters is 1. The van der Waals surface area contributed by atoms with E-state index in [9.17, 15) is 4.79 Å². The van der Waals surface area contributed by atoms with Crippen molar-refractivity contribution in [3.05, 3.63) is 0 Å². The van der Waals surface area contributed by atoms with Crippen molar-refractivity contribution in [2.45, 2.75) is 37.2 Å². The highest BCUT2D eigenvalue weighted by Gasteiger charge is 2.28. The highest BCUT2D eigenvalue weighted by Crippen LogP contribution is 2.27. The fraction of sp³-hybridized carbons (Fsp3) is 0.900. The lowest BCUT2D eigenvalue weighted by atomic mass is 10.2. The fourth-order valence-electron chi connectivity index (χ4n) is 1.26. The van der Waals surface area contributed by atoms with E-state index in [0.717, 1.165) is 26.1 Å². The maximum absolute atomic E-state index is 11.5. The van der Waals surface area contributed by atoms with Gasteiger partial charge in [-0.2, -0.15) is 0 Å². The lowest BCUT2D eigenvalue weighted by Gasteiger charge is -2.28. The summed E-state index contributed by atoms with van der Waals surface area (Å²) in [5.41, 5.74) is 0. The van der Waals surface area contributed by atoms with E-state index in [-0.39, 0.29) is 11.2 Å². The molecule has 0 spiro atoms. The number of rotatable bonds is 6. The molecule has 0 saturated carbocycles. The molecule has 0 amide bonds. The van der Waals surface area contributed by atoms with E-state index >= 15 is 0 Å². The van der Waals surface area contributed by atoms with E-state index in [1.165, 1.54) is 0 Å². The summed E-state index contributed by atoms with van der Waals surface area (Å²) in [6, 6.07) is 0. The normalized spacial score (nSPS) is 18.7. The van der Waals surface area contributed by atoms with Gasteiger partial charge in [-0.15, -0.1) is 11.8 Å². The quantitative estimate of drug-likeness (QED) is 0.637. The third-order valence-electron chi connectivity index (χ3n) is 2.06. The highest BCUT2D eigenvalue weighted by atomic mass is 32.2. The van der Waals surface area contributed by atoms with Crippen LogP contribution in [0.15, 0.2) is 0 Å². The van der Waals surface area contributed by atoms with Gasteiger partial charge in [0.25, 0.3) is 0 Å². The summed E-state index contributed by atoms with van der Waals surface area (Å²) in [7, 11) is 0. The Labute approximate surface area is 89.5 Å². The molecular weight excluding hydrogens is 200 g/mol. The summed E-state index contributed by atoms with van der Waals surface area (Å²) in [6.07, 6.45) is 1.92. The Kier molecular flexibility index (Phi) is 5.33. The molecule has 1 heterocycles. The van der Waals surface area contributed by atoms with Crippen LogP contribution in [0, 0.1) is 0 Å². The molecule has 0 radical (unpaired) electrons. The third-order valence-corrected chi connectivity index (χ3v) is 3.48. The summed E-state index contributed by atoms with van der Waals surface area (Å²) in [4.78, 5) is 11.5. The summed E-state index contributed by atoms with van der Waals surface area (Å²) in [5.74, 6) is -0.0637. The lowest BCUT2D eigenvalue weighted by molar-refractivity contribution is -0.142. The molecule has 1 fully saturated rings. The molecular formula is C10H18O3S. The van der Waals surface area contributed by atoms with Crippen molar-refractivity contribution in [2.24, 2.45) is 0 Å². The number of hydrogen-bond acceptors (Lipinski definition) is 4. The minimum absolute atomic E-state index is 0.00819. The first-order valence-electron chi connectivity index (χ1n) is 5.17. The first-order valence-corrected chi connectivity index (χ1v) is 6.12. The van der Waals surface area contributed by atoms with Gasteiger partial charge in [0.05, 0.1) is 25.1 Å². The molecule has 1 saturated heterocycles. The zero-order valence-electron chi connectivity index (χ0n) is 8.82. The molecule has 0 aromatic carbocycles.